The first-order valence-electron chi connectivity index (χ1n) is 4.37. The molecule has 0 spiro atoms. The maximum absolute atomic E-state index is 12.3. The molecule has 0 saturated carbocycles. The lowest BCUT2D eigenvalue weighted by Gasteiger charge is -2.11. The highest BCUT2D eigenvalue weighted by molar-refractivity contribution is 5.52. The fraction of sp³-hybridized carbons (Fsp3) is 0.500. The number of aryl methyl sites for hydroxylation is 1. The monoisotopic (exact) mass is 235 g/mol. The van der Waals surface area contributed by atoms with Gasteiger partial charge in [0.1, 0.15) is 0 Å². The van der Waals surface area contributed by atoms with Gasteiger partial charge in [-0.25, -0.2) is 0 Å². The number of halogens is 3. The van der Waals surface area contributed by atoms with Gasteiger partial charge in [0, 0.05) is 12.2 Å². The van der Waals surface area contributed by atoms with Crippen molar-refractivity contribution in [2.75, 3.05) is 11.9 Å². The molecule has 0 radical (unpaired) electrons. The zero-order valence-corrected chi connectivity index (χ0v) is 8.07. The Hall–Kier alpha value is -1.19. The molecule has 0 unspecified atom stereocenters. The summed E-state index contributed by atoms with van der Waals surface area (Å²) in [5, 5.41) is 2.99. The van der Waals surface area contributed by atoms with E-state index in [2.05, 4.69) is 5.32 Å². The molecule has 0 amide bonds. The number of nitrogens with one attached hydrogen (secondary N) is 1. The average Bonchev–Trinajstić information content (AvgIpc) is 2.07. The quantitative estimate of drug-likeness (QED) is 0.782. The predicted molar refractivity (Wildman–Crippen MR) is 63.8 cm³/mol. The Labute approximate surface area is 95.7 Å². The molecular formula is C12H20F3N. The largest absolute Gasteiger partial charge is 0.416 e. The van der Waals surface area contributed by atoms with Crippen molar-refractivity contribution < 1.29 is 13.2 Å². The third-order valence-electron chi connectivity index (χ3n) is 1.92. The van der Waals surface area contributed by atoms with Crippen LogP contribution in [0.5, 0.6) is 0 Å². The zero-order chi connectivity index (χ0) is 10.8. The van der Waals surface area contributed by atoms with Crippen molar-refractivity contribution in [3.63, 3.8) is 0 Å². The first kappa shape index (κ1) is 17.2. The standard InChI is InChI=1S/C10H12F3N.2CH4/c1-3-14-9-5-4-8(6-7(9)2)10(11,12)13;;/h4-6,14H,3H2,1-2H3;2*1H4. The summed E-state index contributed by atoms with van der Waals surface area (Å²) in [6.45, 7) is 4.26. The van der Waals surface area contributed by atoms with Crippen molar-refractivity contribution in [2.45, 2.75) is 34.9 Å². The zero-order valence-electron chi connectivity index (χ0n) is 8.07. The molecule has 94 valence electrons. The minimum Gasteiger partial charge on any atom is -0.385 e. The highest BCUT2D eigenvalue weighted by Gasteiger charge is 2.30. The predicted octanol–water partition coefficient (Wildman–Crippen LogP) is 4.72. The summed E-state index contributed by atoms with van der Waals surface area (Å²) in [7, 11) is 0. The van der Waals surface area contributed by atoms with E-state index < -0.39 is 11.7 Å². The van der Waals surface area contributed by atoms with E-state index in [1.165, 1.54) is 6.07 Å². The molecular weight excluding hydrogens is 215 g/mol. The SMILES string of the molecule is C.C.CCNc1ccc(C(F)(F)F)cc1C. The maximum atomic E-state index is 12.3. The molecule has 0 aromatic heterocycles. The lowest BCUT2D eigenvalue weighted by Crippen LogP contribution is -2.06. The minimum absolute atomic E-state index is 0. The van der Waals surface area contributed by atoms with Crippen LogP contribution in [0.25, 0.3) is 0 Å². The van der Waals surface area contributed by atoms with Crippen LogP contribution in [0.4, 0.5) is 18.9 Å². The summed E-state index contributed by atoms with van der Waals surface area (Å²) < 4.78 is 36.8. The fourth-order valence-corrected chi connectivity index (χ4v) is 1.23. The van der Waals surface area contributed by atoms with Gasteiger partial charge in [-0.15, -0.1) is 0 Å². The smallest absolute Gasteiger partial charge is 0.385 e. The van der Waals surface area contributed by atoms with Gasteiger partial charge in [-0.1, -0.05) is 14.9 Å². The van der Waals surface area contributed by atoms with Gasteiger partial charge in [-0.3, -0.25) is 0 Å². The van der Waals surface area contributed by atoms with Crippen LogP contribution in [0.1, 0.15) is 32.9 Å². The van der Waals surface area contributed by atoms with Crippen LogP contribution in [0, 0.1) is 6.92 Å². The molecule has 0 heterocycles. The van der Waals surface area contributed by atoms with Gasteiger partial charge in [-0.2, -0.15) is 13.2 Å². The summed E-state index contributed by atoms with van der Waals surface area (Å²) in [6, 6.07) is 3.70. The van der Waals surface area contributed by atoms with Gasteiger partial charge in [0.05, 0.1) is 5.56 Å². The Morgan fingerprint density at radius 3 is 2.12 bits per heavy atom. The third-order valence-corrected chi connectivity index (χ3v) is 1.92. The van der Waals surface area contributed by atoms with E-state index in [1.807, 2.05) is 6.92 Å². The Morgan fingerprint density at radius 1 is 1.19 bits per heavy atom. The van der Waals surface area contributed by atoms with Crippen molar-refractivity contribution in [3.05, 3.63) is 29.3 Å². The number of hydrogen-bond donors (Lipinski definition) is 1. The Kier molecular flexibility index (Phi) is 6.89. The van der Waals surface area contributed by atoms with Crippen molar-refractivity contribution >= 4 is 5.69 Å². The van der Waals surface area contributed by atoms with Crippen molar-refractivity contribution in [1.82, 2.24) is 0 Å². The molecule has 1 nitrogen and oxygen atoms in total. The Morgan fingerprint density at radius 2 is 1.75 bits per heavy atom. The van der Waals surface area contributed by atoms with Gasteiger partial charge < -0.3 is 5.32 Å². The van der Waals surface area contributed by atoms with Crippen LogP contribution >= 0.6 is 0 Å². The summed E-state index contributed by atoms with van der Waals surface area (Å²) >= 11 is 0. The molecule has 1 aromatic rings. The fourth-order valence-electron chi connectivity index (χ4n) is 1.23. The van der Waals surface area contributed by atoms with E-state index >= 15 is 0 Å². The lowest BCUT2D eigenvalue weighted by atomic mass is 10.1. The number of anilines is 1. The van der Waals surface area contributed by atoms with Crippen LogP contribution in [-0.2, 0) is 6.18 Å². The average molecular weight is 235 g/mol. The molecule has 0 aliphatic heterocycles. The van der Waals surface area contributed by atoms with Gasteiger partial charge in [-0.05, 0) is 37.6 Å². The number of benzene rings is 1. The van der Waals surface area contributed by atoms with Crippen molar-refractivity contribution in [3.8, 4) is 0 Å². The molecule has 16 heavy (non-hydrogen) atoms. The second-order valence-corrected chi connectivity index (χ2v) is 3.06. The van der Waals surface area contributed by atoms with Crippen molar-refractivity contribution in [2.24, 2.45) is 0 Å². The van der Waals surface area contributed by atoms with Crippen LogP contribution in [0.15, 0.2) is 18.2 Å². The molecule has 0 aliphatic rings. The Bertz CT molecular complexity index is 319. The van der Waals surface area contributed by atoms with Crippen LogP contribution < -0.4 is 5.32 Å². The minimum atomic E-state index is -4.25. The van der Waals surface area contributed by atoms with E-state index in [0.717, 1.165) is 17.8 Å². The summed E-state index contributed by atoms with van der Waals surface area (Å²) in [5.74, 6) is 0. The van der Waals surface area contributed by atoms with Crippen LogP contribution in [0.2, 0.25) is 0 Å². The molecule has 1 N–H and O–H groups in total. The van der Waals surface area contributed by atoms with E-state index in [4.69, 9.17) is 0 Å². The number of hydrogen-bond acceptors (Lipinski definition) is 1. The van der Waals surface area contributed by atoms with E-state index in [-0.39, 0.29) is 14.9 Å². The molecule has 0 bridgehead atoms. The highest BCUT2D eigenvalue weighted by Crippen LogP contribution is 2.31. The molecule has 0 atom stereocenters. The van der Waals surface area contributed by atoms with Crippen LogP contribution in [0.3, 0.4) is 0 Å². The molecule has 0 fully saturated rings. The third kappa shape index (κ3) is 4.13. The summed E-state index contributed by atoms with van der Waals surface area (Å²) in [4.78, 5) is 0. The van der Waals surface area contributed by atoms with E-state index in [9.17, 15) is 13.2 Å². The molecule has 0 saturated heterocycles. The molecule has 1 aromatic carbocycles. The highest BCUT2D eigenvalue weighted by atomic mass is 19.4. The Balaban J connectivity index is 0. The van der Waals surface area contributed by atoms with Gasteiger partial charge in [0.25, 0.3) is 0 Å². The van der Waals surface area contributed by atoms with Gasteiger partial charge in [0.2, 0.25) is 0 Å². The lowest BCUT2D eigenvalue weighted by molar-refractivity contribution is -0.137. The molecule has 0 aliphatic carbocycles. The maximum Gasteiger partial charge on any atom is 0.416 e. The molecule has 4 heteroatoms. The van der Waals surface area contributed by atoms with Gasteiger partial charge >= 0.3 is 6.18 Å². The van der Waals surface area contributed by atoms with E-state index in [1.54, 1.807) is 6.92 Å². The summed E-state index contributed by atoms with van der Waals surface area (Å²) in [6.07, 6.45) is -4.25. The van der Waals surface area contributed by atoms with Crippen molar-refractivity contribution in [1.29, 1.82) is 0 Å². The number of alkyl halides is 3. The van der Waals surface area contributed by atoms with Gasteiger partial charge in [0.15, 0.2) is 0 Å². The van der Waals surface area contributed by atoms with Crippen LogP contribution in [-0.4, -0.2) is 6.54 Å². The second-order valence-electron chi connectivity index (χ2n) is 3.06. The first-order valence-corrected chi connectivity index (χ1v) is 4.37. The van der Waals surface area contributed by atoms with E-state index in [0.29, 0.717) is 12.1 Å². The first-order chi connectivity index (χ1) is 6.45. The number of rotatable bonds is 2. The topological polar surface area (TPSA) is 12.0 Å². The molecule has 1 rings (SSSR count). The summed E-state index contributed by atoms with van der Waals surface area (Å²) in [5.41, 5.74) is 0.763. The second kappa shape index (κ2) is 6.40. The normalized spacial score (nSPS) is 10.1.